The molecule has 0 aliphatic carbocycles. The van der Waals surface area contributed by atoms with Crippen LogP contribution in [0.2, 0.25) is 0 Å². The van der Waals surface area contributed by atoms with Crippen LogP contribution in [0.4, 0.5) is 5.69 Å². The molecule has 0 bridgehead atoms. The molecule has 0 saturated heterocycles. The van der Waals surface area contributed by atoms with Gasteiger partial charge in [0, 0.05) is 41.0 Å². The largest absolute Gasteiger partial charge is 0.398 e. The Hall–Kier alpha value is -2.14. The summed E-state index contributed by atoms with van der Waals surface area (Å²) in [5.41, 5.74) is 8.71. The van der Waals surface area contributed by atoms with Gasteiger partial charge in [-0.2, -0.15) is 0 Å². The van der Waals surface area contributed by atoms with E-state index in [9.17, 15) is 0 Å². The highest BCUT2D eigenvalue weighted by Gasteiger charge is 2.14. The van der Waals surface area contributed by atoms with Crippen LogP contribution in [-0.4, -0.2) is 14.5 Å². The van der Waals surface area contributed by atoms with Gasteiger partial charge in [0.25, 0.3) is 0 Å². The average Bonchev–Trinajstić information content (AvgIpc) is 3.09. The Morgan fingerprint density at radius 1 is 1.30 bits per heavy atom. The number of nitrogens with zero attached hydrogens (tertiary/aromatic N) is 3. The molecular weight excluding hydrogens is 268 g/mol. The molecule has 4 nitrogen and oxygen atoms in total. The lowest BCUT2D eigenvalue weighted by molar-refractivity contribution is 0.553. The smallest absolute Gasteiger partial charge is 0.0953 e. The van der Waals surface area contributed by atoms with Crippen LogP contribution in [0, 0.1) is 0 Å². The third kappa shape index (κ3) is 2.44. The lowest BCUT2D eigenvalue weighted by atomic mass is 10.1. The standard InChI is InChI=1S/C15H16N4S/c1-11(7-12-3-2-6-20-12)19-10-18-9-15(19)13-8-17-5-4-14(13)16/h2-6,8-11H,7H2,1H3,(H2,16,17). The summed E-state index contributed by atoms with van der Waals surface area (Å²) in [4.78, 5) is 9.80. The Kier molecular flexibility index (Phi) is 3.52. The van der Waals surface area contributed by atoms with Crippen molar-refractivity contribution in [1.29, 1.82) is 0 Å². The maximum absolute atomic E-state index is 6.04. The van der Waals surface area contributed by atoms with Crippen molar-refractivity contribution in [3.05, 3.63) is 53.4 Å². The van der Waals surface area contributed by atoms with Crippen molar-refractivity contribution in [2.24, 2.45) is 0 Å². The highest BCUT2D eigenvalue weighted by Crippen LogP contribution is 2.28. The van der Waals surface area contributed by atoms with E-state index >= 15 is 0 Å². The van der Waals surface area contributed by atoms with Gasteiger partial charge in [0.05, 0.1) is 18.2 Å². The molecular formula is C15H16N4S. The number of nitrogen functional groups attached to an aromatic ring is 1. The first-order valence-corrected chi connectivity index (χ1v) is 7.37. The van der Waals surface area contributed by atoms with Crippen molar-refractivity contribution in [2.75, 3.05) is 5.73 Å². The topological polar surface area (TPSA) is 56.7 Å². The van der Waals surface area contributed by atoms with Gasteiger partial charge in [-0.1, -0.05) is 6.07 Å². The SMILES string of the molecule is CC(Cc1cccs1)n1cncc1-c1cnccc1N. The number of imidazole rings is 1. The Morgan fingerprint density at radius 2 is 2.20 bits per heavy atom. The Bertz CT molecular complexity index is 687. The van der Waals surface area contributed by atoms with E-state index in [0.717, 1.165) is 23.4 Å². The van der Waals surface area contributed by atoms with Crippen LogP contribution < -0.4 is 5.73 Å². The minimum absolute atomic E-state index is 0.325. The third-order valence-electron chi connectivity index (χ3n) is 3.35. The van der Waals surface area contributed by atoms with Gasteiger partial charge in [-0.05, 0) is 24.4 Å². The number of hydrogen-bond acceptors (Lipinski definition) is 4. The normalized spacial score (nSPS) is 12.4. The summed E-state index contributed by atoms with van der Waals surface area (Å²) in [5.74, 6) is 0. The second-order valence-electron chi connectivity index (χ2n) is 4.78. The Labute approximate surface area is 121 Å². The maximum atomic E-state index is 6.04. The first-order valence-electron chi connectivity index (χ1n) is 6.50. The summed E-state index contributed by atoms with van der Waals surface area (Å²) in [6.07, 6.45) is 8.19. The summed E-state index contributed by atoms with van der Waals surface area (Å²) in [6, 6.07) is 6.39. The Balaban J connectivity index is 1.92. The predicted octanol–water partition coefficient (Wildman–Crippen LogP) is 3.39. The molecule has 0 aliphatic heterocycles. The van der Waals surface area contributed by atoms with Crippen molar-refractivity contribution in [2.45, 2.75) is 19.4 Å². The molecule has 0 fully saturated rings. The van der Waals surface area contributed by atoms with Gasteiger partial charge < -0.3 is 10.3 Å². The fraction of sp³-hybridized carbons (Fsp3) is 0.200. The summed E-state index contributed by atoms with van der Waals surface area (Å²) in [6.45, 7) is 2.19. The van der Waals surface area contributed by atoms with Crippen LogP contribution in [0.3, 0.4) is 0 Å². The van der Waals surface area contributed by atoms with E-state index in [1.165, 1.54) is 4.88 Å². The van der Waals surface area contributed by atoms with E-state index in [4.69, 9.17) is 5.73 Å². The molecule has 3 rings (SSSR count). The zero-order valence-electron chi connectivity index (χ0n) is 11.2. The number of rotatable bonds is 4. The van der Waals surface area contributed by atoms with Crippen LogP contribution in [0.25, 0.3) is 11.3 Å². The predicted molar refractivity (Wildman–Crippen MR) is 82.6 cm³/mol. The molecule has 5 heteroatoms. The molecule has 3 aromatic rings. The Morgan fingerprint density at radius 3 is 2.95 bits per heavy atom. The van der Waals surface area contributed by atoms with Crippen LogP contribution in [0.1, 0.15) is 17.8 Å². The molecule has 0 spiro atoms. The van der Waals surface area contributed by atoms with Crippen molar-refractivity contribution < 1.29 is 0 Å². The molecule has 1 atom stereocenters. The molecule has 0 aromatic carbocycles. The quantitative estimate of drug-likeness (QED) is 0.799. The van der Waals surface area contributed by atoms with Crippen molar-refractivity contribution in [3.63, 3.8) is 0 Å². The number of aromatic nitrogens is 3. The first kappa shape index (κ1) is 12.9. The first-order chi connectivity index (χ1) is 9.75. The zero-order chi connectivity index (χ0) is 13.9. The lowest BCUT2D eigenvalue weighted by Crippen LogP contribution is -2.08. The highest BCUT2D eigenvalue weighted by atomic mass is 32.1. The fourth-order valence-corrected chi connectivity index (χ4v) is 3.13. The molecule has 3 heterocycles. The molecule has 0 saturated carbocycles. The fourth-order valence-electron chi connectivity index (χ4n) is 2.30. The molecule has 2 N–H and O–H groups in total. The molecule has 20 heavy (non-hydrogen) atoms. The number of thiophene rings is 1. The van der Waals surface area contributed by atoms with E-state index in [-0.39, 0.29) is 0 Å². The van der Waals surface area contributed by atoms with Gasteiger partial charge in [-0.3, -0.25) is 4.98 Å². The number of hydrogen-bond donors (Lipinski definition) is 1. The van der Waals surface area contributed by atoms with Crippen molar-refractivity contribution in [3.8, 4) is 11.3 Å². The van der Waals surface area contributed by atoms with Gasteiger partial charge in [-0.15, -0.1) is 11.3 Å². The summed E-state index contributed by atoms with van der Waals surface area (Å²) < 4.78 is 2.16. The molecule has 102 valence electrons. The van der Waals surface area contributed by atoms with Gasteiger partial charge >= 0.3 is 0 Å². The summed E-state index contributed by atoms with van der Waals surface area (Å²) in [7, 11) is 0. The van der Waals surface area contributed by atoms with Crippen molar-refractivity contribution in [1.82, 2.24) is 14.5 Å². The van der Waals surface area contributed by atoms with Gasteiger partial charge in [0.15, 0.2) is 0 Å². The summed E-state index contributed by atoms with van der Waals surface area (Å²) >= 11 is 1.78. The van der Waals surface area contributed by atoms with Crippen LogP contribution in [0.15, 0.2) is 48.5 Å². The van der Waals surface area contributed by atoms with Crippen LogP contribution in [-0.2, 0) is 6.42 Å². The molecule has 3 aromatic heterocycles. The highest BCUT2D eigenvalue weighted by molar-refractivity contribution is 7.09. The van der Waals surface area contributed by atoms with Crippen LogP contribution in [0.5, 0.6) is 0 Å². The number of pyridine rings is 1. The molecule has 1 unspecified atom stereocenters. The third-order valence-corrected chi connectivity index (χ3v) is 4.25. The van der Waals surface area contributed by atoms with E-state index in [1.54, 1.807) is 23.7 Å². The molecule has 0 aliphatic rings. The lowest BCUT2D eigenvalue weighted by Gasteiger charge is -2.16. The second-order valence-corrected chi connectivity index (χ2v) is 5.81. The van der Waals surface area contributed by atoms with E-state index in [2.05, 4.69) is 39.0 Å². The number of nitrogens with two attached hydrogens (primary N) is 1. The van der Waals surface area contributed by atoms with Gasteiger partial charge in [-0.25, -0.2) is 4.98 Å². The minimum Gasteiger partial charge on any atom is -0.398 e. The molecule has 0 radical (unpaired) electrons. The maximum Gasteiger partial charge on any atom is 0.0953 e. The van der Waals surface area contributed by atoms with E-state index in [0.29, 0.717) is 6.04 Å². The average molecular weight is 284 g/mol. The second kappa shape index (κ2) is 5.46. The van der Waals surface area contributed by atoms with Crippen LogP contribution >= 0.6 is 11.3 Å². The van der Waals surface area contributed by atoms with Crippen molar-refractivity contribution >= 4 is 17.0 Å². The molecule has 0 amide bonds. The number of anilines is 1. The summed E-state index contributed by atoms with van der Waals surface area (Å²) in [5, 5.41) is 2.11. The van der Waals surface area contributed by atoms with Gasteiger partial charge in [0.2, 0.25) is 0 Å². The zero-order valence-corrected chi connectivity index (χ0v) is 12.0. The minimum atomic E-state index is 0.325. The van der Waals surface area contributed by atoms with E-state index < -0.39 is 0 Å². The van der Waals surface area contributed by atoms with Gasteiger partial charge in [0.1, 0.15) is 0 Å². The van der Waals surface area contributed by atoms with E-state index in [1.807, 2.05) is 18.6 Å². The monoisotopic (exact) mass is 284 g/mol.